The van der Waals surface area contributed by atoms with Gasteiger partial charge in [-0.25, -0.2) is 0 Å². The van der Waals surface area contributed by atoms with E-state index in [-0.39, 0.29) is 5.91 Å². The van der Waals surface area contributed by atoms with Crippen molar-refractivity contribution < 1.29 is 9.59 Å². The molecule has 0 aliphatic carbocycles. The molecule has 20 heavy (non-hydrogen) atoms. The Morgan fingerprint density at radius 2 is 2.10 bits per heavy atom. The van der Waals surface area contributed by atoms with Crippen LogP contribution < -0.4 is 16.4 Å². The minimum Gasteiger partial charge on any atom is -0.366 e. The molecule has 5 nitrogen and oxygen atoms in total. The third-order valence-electron chi connectivity index (χ3n) is 3.88. The largest absolute Gasteiger partial charge is 0.366 e. The quantitative estimate of drug-likeness (QED) is 0.782. The highest BCUT2D eigenvalue weighted by Crippen LogP contribution is 2.23. The minimum atomic E-state index is -0.521. The maximum Gasteiger partial charge on any atom is 0.248 e. The molecule has 0 saturated carbocycles. The van der Waals surface area contributed by atoms with Gasteiger partial charge in [0.15, 0.2) is 0 Å². The number of amides is 2. The summed E-state index contributed by atoms with van der Waals surface area (Å²) >= 11 is 0. The van der Waals surface area contributed by atoms with E-state index in [1.54, 1.807) is 18.2 Å². The van der Waals surface area contributed by atoms with E-state index in [2.05, 4.69) is 10.6 Å². The fourth-order valence-electron chi connectivity index (χ4n) is 2.47. The molecule has 4 N–H and O–H groups in total. The van der Waals surface area contributed by atoms with Gasteiger partial charge in [-0.2, -0.15) is 0 Å². The van der Waals surface area contributed by atoms with E-state index in [1.165, 1.54) is 0 Å². The molecule has 0 spiro atoms. The Morgan fingerprint density at radius 1 is 1.35 bits per heavy atom. The zero-order valence-electron chi connectivity index (χ0n) is 12.0. The molecule has 1 saturated heterocycles. The van der Waals surface area contributed by atoms with Gasteiger partial charge < -0.3 is 16.4 Å². The van der Waals surface area contributed by atoms with Gasteiger partial charge in [-0.15, -0.1) is 0 Å². The lowest BCUT2D eigenvalue weighted by Crippen LogP contribution is -2.54. The van der Waals surface area contributed by atoms with Crippen LogP contribution in [0.3, 0.4) is 0 Å². The van der Waals surface area contributed by atoms with Crippen molar-refractivity contribution in [1.82, 2.24) is 5.32 Å². The van der Waals surface area contributed by atoms with E-state index in [0.29, 0.717) is 11.3 Å². The van der Waals surface area contributed by atoms with Gasteiger partial charge in [-0.1, -0.05) is 0 Å². The summed E-state index contributed by atoms with van der Waals surface area (Å²) in [7, 11) is 0. The first-order valence-corrected chi connectivity index (χ1v) is 6.89. The highest BCUT2D eigenvalue weighted by atomic mass is 16.2. The average molecular weight is 275 g/mol. The Kier molecular flexibility index (Phi) is 4.09. The second-order valence-corrected chi connectivity index (χ2v) is 5.56. The predicted molar refractivity (Wildman–Crippen MR) is 78.6 cm³/mol. The van der Waals surface area contributed by atoms with Crippen molar-refractivity contribution >= 4 is 17.5 Å². The summed E-state index contributed by atoms with van der Waals surface area (Å²) < 4.78 is 0. The first kappa shape index (κ1) is 14.5. The first-order valence-electron chi connectivity index (χ1n) is 6.89. The number of nitrogens with two attached hydrogens (primary N) is 1. The Hall–Kier alpha value is -1.88. The van der Waals surface area contributed by atoms with Gasteiger partial charge in [-0.05, 0) is 63.4 Å². The van der Waals surface area contributed by atoms with Crippen molar-refractivity contribution in [2.24, 2.45) is 5.73 Å². The van der Waals surface area contributed by atoms with Gasteiger partial charge in [0, 0.05) is 11.3 Å². The van der Waals surface area contributed by atoms with E-state index in [4.69, 9.17) is 5.73 Å². The van der Waals surface area contributed by atoms with Crippen LogP contribution in [0.4, 0.5) is 5.69 Å². The van der Waals surface area contributed by atoms with Crippen LogP contribution in [0.5, 0.6) is 0 Å². The normalized spacial score (nSPS) is 22.3. The second-order valence-electron chi connectivity index (χ2n) is 5.56. The van der Waals surface area contributed by atoms with E-state index >= 15 is 0 Å². The molecular weight excluding hydrogens is 254 g/mol. The summed E-state index contributed by atoms with van der Waals surface area (Å²) in [4.78, 5) is 23.5. The van der Waals surface area contributed by atoms with E-state index in [1.807, 2.05) is 13.8 Å². The number of carbonyl (C=O) groups excluding carboxylic acids is 2. The zero-order valence-corrected chi connectivity index (χ0v) is 12.0. The molecule has 1 aromatic carbocycles. The van der Waals surface area contributed by atoms with Crippen LogP contribution in [0.15, 0.2) is 18.2 Å². The summed E-state index contributed by atoms with van der Waals surface area (Å²) in [5, 5.41) is 6.21. The Labute approximate surface area is 118 Å². The van der Waals surface area contributed by atoms with Crippen molar-refractivity contribution in [3.63, 3.8) is 0 Å². The number of benzene rings is 1. The zero-order chi connectivity index (χ0) is 14.8. The van der Waals surface area contributed by atoms with Crippen molar-refractivity contribution in [3.8, 4) is 0 Å². The van der Waals surface area contributed by atoms with Gasteiger partial charge in [0.05, 0.1) is 5.54 Å². The topological polar surface area (TPSA) is 84.2 Å². The monoisotopic (exact) mass is 275 g/mol. The molecule has 0 radical (unpaired) electrons. The standard InChI is InChI=1S/C15H21N3O2/c1-10-9-11(13(16)19)5-6-12(10)18-14(20)15(2)7-3-4-8-17-15/h5-6,9,17H,3-4,7-8H2,1-2H3,(H2,16,19)(H,18,20). The number of aryl methyl sites for hydroxylation is 1. The Bertz CT molecular complexity index is 534. The summed E-state index contributed by atoms with van der Waals surface area (Å²) in [6.45, 7) is 4.64. The van der Waals surface area contributed by atoms with Crippen molar-refractivity contribution in [2.75, 3.05) is 11.9 Å². The van der Waals surface area contributed by atoms with Gasteiger partial charge in [-0.3, -0.25) is 9.59 Å². The van der Waals surface area contributed by atoms with Gasteiger partial charge in [0.2, 0.25) is 11.8 Å². The number of primary amides is 1. The molecule has 1 unspecified atom stereocenters. The van der Waals surface area contributed by atoms with E-state index in [0.717, 1.165) is 31.4 Å². The summed E-state index contributed by atoms with van der Waals surface area (Å²) in [6.07, 6.45) is 2.99. The second kappa shape index (κ2) is 5.63. The van der Waals surface area contributed by atoms with Crippen LogP contribution in [0, 0.1) is 6.92 Å². The Balaban J connectivity index is 2.13. The molecule has 108 valence electrons. The number of nitrogens with one attached hydrogen (secondary N) is 2. The van der Waals surface area contributed by atoms with E-state index < -0.39 is 11.4 Å². The summed E-state index contributed by atoms with van der Waals surface area (Å²) in [6, 6.07) is 5.04. The molecule has 1 heterocycles. The number of hydrogen-bond donors (Lipinski definition) is 3. The van der Waals surface area contributed by atoms with Crippen molar-refractivity contribution in [2.45, 2.75) is 38.6 Å². The summed E-state index contributed by atoms with van der Waals surface area (Å²) in [5.41, 5.74) is 6.71. The van der Waals surface area contributed by atoms with Crippen LogP contribution in [0.2, 0.25) is 0 Å². The highest BCUT2D eigenvalue weighted by Gasteiger charge is 2.34. The van der Waals surface area contributed by atoms with Crippen LogP contribution in [0.25, 0.3) is 0 Å². The van der Waals surface area contributed by atoms with Crippen molar-refractivity contribution in [1.29, 1.82) is 0 Å². The summed E-state index contributed by atoms with van der Waals surface area (Å²) in [5.74, 6) is -0.501. The molecule has 1 aliphatic heterocycles. The molecule has 1 fully saturated rings. The lowest BCUT2D eigenvalue weighted by molar-refractivity contribution is -0.122. The number of carbonyl (C=O) groups is 2. The Morgan fingerprint density at radius 3 is 2.65 bits per heavy atom. The first-order chi connectivity index (χ1) is 9.42. The van der Waals surface area contributed by atoms with Gasteiger partial charge in [0.25, 0.3) is 0 Å². The fourth-order valence-corrected chi connectivity index (χ4v) is 2.47. The van der Waals surface area contributed by atoms with Crippen molar-refractivity contribution in [3.05, 3.63) is 29.3 Å². The van der Waals surface area contributed by atoms with Gasteiger partial charge >= 0.3 is 0 Å². The average Bonchev–Trinajstić information content (AvgIpc) is 2.41. The molecule has 1 atom stereocenters. The molecule has 2 amide bonds. The molecule has 0 aromatic heterocycles. The molecule has 1 aliphatic rings. The maximum atomic E-state index is 12.4. The number of rotatable bonds is 3. The molecule has 2 rings (SSSR count). The third-order valence-corrected chi connectivity index (χ3v) is 3.88. The third kappa shape index (κ3) is 2.99. The fraction of sp³-hybridized carbons (Fsp3) is 0.467. The molecular formula is C15H21N3O2. The molecule has 5 heteroatoms. The number of hydrogen-bond acceptors (Lipinski definition) is 3. The number of anilines is 1. The van der Waals surface area contributed by atoms with Gasteiger partial charge in [0.1, 0.15) is 0 Å². The number of piperidine rings is 1. The SMILES string of the molecule is Cc1cc(C(N)=O)ccc1NC(=O)C1(C)CCCCN1. The molecule has 1 aromatic rings. The van der Waals surface area contributed by atoms with Crippen LogP contribution in [0.1, 0.15) is 42.1 Å². The van der Waals surface area contributed by atoms with E-state index in [9.17, 15) is 9.59 Å². The van der Waals surface area contributed by atoms with Crippen LogP contribution in [-0.4, -0.2) is 23.9 Å². The lowest BCUT2D eigenvalue weighted by Gasteiger charge is -2.33. The minimum absolute atomic E-state index is 0.0351. The maximum absolute atomic E-state index is 12.4. The smallest absolute Gasteiger partial charge is 0.248 e. The van der Waals surface area contributed by atoms with Crippen LogP contribution in [-0.2, 0) is 4.79 Å². The predicted octanol–water partition coefficient (Wildman–Crippen LogP) is 1.56. The lowest BCUT2D eigenvalue weighted by atomic mass is 9.90. The molecule has 0 bridgehead atoms. The highest BCUT2D eigenvalue weighted by molar-refractivity contribution is 5.99. The van der Waals surface area contributed by atoms with Crippen LogP contribution >= 0.6 is 0 Å².